The van der Waals surface area contributed by atoms with E-state index in [1.165, 1.54) is 157 Å². The molecule has 13 heteroatoms. The molecule has 3 N–H and O–H groups in total. The Balaban J connectivity index is 0.000000129. The average Bonchev–Trinajstić information content (AvgIpc) is 4.19. The number of H-pyrrole nitrogens is 1. The lowest BCUT2D eigenvalue weighted by molar-refractivity contribution is -0.385. The number of imidazole rings is 2. The van der Waals surface area contributed by atoms with E-state index in [0.29, 0.717) is 0 Å². The normalized spacial score (nSPS) is 17.1. The highest BCUT2D eigenvalue weighted by atomic mass is 79.9. The number of aromatic amines is 1. The number of aromatic nitrogens is 6. The van der Waals surface area contributed by atoms with E-state index in [-0.39, 0.29) is 10.6 Å². The fourth-order valence-corrected chi connectivity index (χ4v) is 12.8. The number of halogens is 3. The molecule has 0 atom stereocenters. The summed E-state index contributed by atoms with van der Waals surface area (Å²) < 4.78 is 7.84. The maximum absolute atomic E-state index is 11.0. The number of hydrogen-bond acceptors (Lipinski definition) is 6. The Bertz CT molecular complexity index is 2750. The third-order valence-electron chi connectivity index (χ3n) is 15.8. The van der Waals surface area contributed by atoms with Crippen LogP contribution >= 0.6 is 47.8 Å². The first-order chi connectivity index (χ1) is 35.1. The minimum absolute atomic E-state index is 0.258. The van der Waals surface area contributed by atoms with Crippen LogP contribution in [0.15, 0.2) is 111 Å². The van der Waals surface area contributed by atoms with Gasteiger partial charge in [0.05, 0.1) is 45.3 Å². The summed E-state index contributed by atoms with van der Waals surface area (Å²) in [6, 6.07) is 26.1. The molecule has 3 aromatic heterocycles. The van der Waals surface area contributed by atoms with Gasteiger partial charge in [0.1, 0.15) is 0 Å². The van der Waals surface area contributed by atoms with Crippen molar-refractivity contribution in [2.75, 3.05) is 5.73 Å². The first-order valence-electron chi connectivity index (χ1n) is 27.2. The second-order valence-corrected chi connectivity index (χ2v) is 23.8. The van der Waals surface area contributed by atoms with Crippen LogP contribution in [0.1, 0.15) is 152 Å². The first kappa shape index (κ1) is 53.9. The smallest absolute Gasteiger partial charge is 0.272 e. The lowest BCUT2D eigenvalue weighted by Crippen LogP contribution is -2.13. The molecule has 7 aromatic rings. The van der Waals surface area contributed by atoms with Gasteiger partial charge in [0.25, 0.3) is 5.69 Å². The summed E-state index contributed by atoms with van der Waals surface area (Å²) in [5.74, 6) is 3.36. The van der Waals surface area contributed by atoms with Crippen LogP contribution in [0.5, 0.6) is 0 Å². The highest BCUT2D eigenvalue weighted by Gasteiger charge is 2.20. The molecular formula is C59H75Br3N8O2. The second-order valence-electron chi connectivity index (χ2n) is 21.1. The number of aryl methyl sites for hydroxylation is 2. The molecular weight excluding hydrogens is 1090 g/mol. The quantitative estimate of drug-likeness (QED) is 0.0711. The number of nitrogens with one attached hydrogen (secondary N) is 1. The lowest BCUT2D eigenvalue weighted by Gasteiger charge is -2.22. The van der Waals surface area contributed by atoms with Gasteiger partial charge in [-0.25, -0.2) is 9.97 Å². The van der Waals surface area contributed by atoms with Gasteiger partial charge >= 0.3 is 0 Å². The van der Waals surface area contributed by atoms with Gasteiger partial charge in [0, 0.05) is 55.6 Å². The Morgan fingerprint density at radius 1 is 0.556 bits per heavy atom. The van der Waals surface area contributed by atoms with E-state index < -0.39 is 0 Å². The van der Waals surface area contributed by atoms with E-state index in [9.17, 15) is 10.1 Å². The summed E-state index contributed by atoms with van der Waals surface area (Å²) in [6.07, 6.45) is 37.8. The largest absolute Gasteiger partial charge is 0.399 e. The zero-order valence-electron chi connectivity index (χ0n) is 42.1. The molecule has 4 aliphatic carbocycles. The van der Waals surface area contributed by atoms with Crippen molar-refractivity contribution in [2.24, 2.45) is 23.7 Å². The van der Waals surface area contributed by atoms with Crippen molar-refractivity contribution in [1.29, 1.82) is 0 Å². The zero-order chi connectivity index (χ0) is 50.1. The number of hydrogen-bond donors (Lipinski definition) is 2. The summed E-state index contributed by atoms with van der Waals surface area (Å²) in [5, 5.41) is 18.0. The standard InChI is InChI=1S/C17H20N4.C14H17BrN2.C14H18BrNO2.C14H20BrN/c1-2-4-13(5-3-1)11-21-12-18-16-7-6-14(10-17(16)21)15-8-9-19-20-15;15-12-6-7-13-14(8-12)17(10-16-13)9-11-4-2-1-3-5-11;15-13-8-9-14(16(17)18)12(10-13)7-6-11-4-2-1-3-5-11;15-13-8-9-14(16)12(10-13)7-6-11-4-2-1-3-5-11/h6-10,12-13H,1-5,11H2,(H,19,20);6-8,10-11H,1-5,9H2;8-11H,1-7H2;8-11H,1-7,16H2. The SMILES string of the molecule is Brc1ccc2ncn(CC3CCCCC3)c2c1.Nc1ccc(Br)cc1CCC1CCCCC1.O=[N+]([O-])c1ccc(Br)cc1CCC1CCCCC1.c1cc(-c2ccc3ncn(CC4CCCCC4)c3c2)[nH]n1. The molecule has 0 bridgehead atoms. The van der Waals surface area contributed by atoms with Gasteiger partial charge in [0.15, 0.2) is 0 Å². The lowest BCUT2D eigenvalue weighted by atomic mass is 9.85. The first-order valence-corrected chi connectivity index (χ1v) is 29.5. The van der Waals surface area contributed by atoms with Crippen molar-refractivity contribution < 1.29 is 4.92 Å². The number of nitro benzene ring substituents is 1. The van der Waals surface area contributed by atoms with Gasteiger partial charge in [-0.1, -0.05) is 157 Å². The van der Waals surface area contributed by atoms with E-state index in [1.54, 1.807) is 18.3 Å². The molecule has 4 aliphatic rings. The Labute approximate surface area is 452 Å². The van der Waals surface area contributed by atoms with Gasteiger partial charge in [-0.05, 0) is 147 Å². The maximum Gasteiger partial charge on any atom is 0.272 e. The highest BCUT2D eigenvalue weighted by Crippen LogP contribution is 2.33. The van der Waals surface area contributed by atoms with E-state index >= 15 is 0 Å². The zero-order valence-corrected chi connectivity index (χ0v) is 46.9. The van der Waals surface area contributed by atoms with Crippen LogP contribution in [0, 0.1) is 33.8 Å². The topological polar surface area (TPSA) is 133 Å². The van der Waals surface area contributed by atoms with Gasteiger partial charge in [0.2, 0.25) is 0 Å². The number of nitrogens with zero attached hydrogens (tertiary/aromatic N) is 6. The number of benzene rings is 4. The third-order valence-corrected chi connectivity index (χ3v) is 17.3. The van der Waals surface area contributed by atoms with Crippen molar-refractivity contribution in [3.8, 4) is 11.3 Å². The predicted octanol–water partition coefficient (Wildman–Crippen LogP) is 17.8. The van der Waals surface area contributed by atoms with Crippen LogP contribution in [-0.2, 0) is 25.9 Å². The number of nitrogen functional groups attached to an aromatic ring is 1. The van der Waals surface area contributed by atoms with Crippen LogP contribution in [0.4, 0.5) is 11.4 Å². The Morgan fingerprint density at radius 2 is 1.01 bits per heavy atom. The van der Waals surface area contributed by atoms with Crippen LogP contribution in [0.2, 0.25) is 0 Å². The molecule has 0 amide bonds. The fourth-order valence-electron chi connectivity index (χ4n) is 11.7. The molecule has 0 saturated heterocycles. The number of anilines is 1. The summed E-state index contributed by atoms with van der Waals surface area (Å²) >= 11 is 10.4. The van der Waals surface area contributed by atoms with Crippen LogP contribution in [0.3, 0.4) is 0 Å². The molecule has 4 aromatic carbocycles. The van der Waals surface area contributed by atoms with Crippen molar-refractivity contribution >= 4 is 81.2 Å². The molecule has 3 heterocycles. The van der Waals surface area contributed by atoms with Crippen molar-refractivity contribution in [2.45, 2.75) is 167 Å². The van der Waals surface area contributed by atoms with Crippen molar-refractivity contribution in [3.05, 3.63) is 132 Å². The molecule has 384 valence electrons. The minimum atomic E-state index is -0.275. The van der Waals surface area contributed by atoms with E-state index in [4.69, 9.17) is 5.73 Å². The third kappa shape index (κ3) is 16.1. The number of nitro groups is 1. The number of fused-ring (bicyclic) bond motifs is 2. The Kier molecular flexibility index (Phi) is 20.8. The van der Waals surface area contributed by atoms with Gasteiger partial charge in [-0.15, -0.1) is 0 Å². The molecule has 4 saturated carbocycles. The molecule has 10 nitrogen and oxygen atoms in total. The molecule has 72 heavy (non-hydrogen) atoms. The van der Waals surface area contributed by atoms with Crippen LogP contribution < -0.4 is 5.73 Å². The van der Waals surface area contributed by atoms with Gasteiger partial charge in [-0.3, -0.25) is 15.2 Å². The van der Waals surface area contributed by atoms with E-state index in [0.717, 1.165) is 97.4 Å². The van der Waals surface area contributed by atoms with E-state index in [2.05, 4.69) is 120 Å². The Hall–Kier alpha value is -4.33. The maximum atomic E-state index is 11.0. The summed E-state index contributed by atoms with van der Waals surface area (Å²) in [4.78, 5) is 19.7. The van der Waals surface area contributed by atoms with E-state index in [1.807, 2.05) is 36.9 Å². The van der Waals surface area contributed by atoms with Crippen molar-refractivity contribution in [1.82, 2.24) is 29.3 Å². The molecule has 0 aliphatic heterocycles. The highest BCUT2D eigenvalue weighted by molar-refractivity contribution is 9.11. The molecule has 0 spiro atoms. The summed E-state index contributed by atoms with van der Waals surface area (Å²) in [7, 11) is 0. The van der Waals surface area contributed by atoms with Crippen LogP contribution in [-0.4, -0.2) is 34.2 Å². The minimum Gasteiger partial charge on any atom is -0.399 e. The number of rotatable bonds is 12. The van der Waals surface area contributed by atoms with Gasteiger partial charge in [-0.2, -0.15) is 5.10 Å². The summed E-state index contributed by atoms with van der Waals surface area (Å²) in [5.41, 5.74) is 16.2. The second kappa shape index (κ2) is 27.8. The Morgan fingerprint density at radius 3 is 1.54 bits per heavy atom. The summed E-state index contributed by atoms with van der Waals surface area (Å²) in [6.45, 7) is 2.23. The van der Waals surface area contributed by atoms with Crippen LogP contribution in [0.25, 0.3) is 33.3 Å². The average molecular weight is 1170 g/mol. The molecule has 4 fully saturated rings. The fraction of sp³-hybridized carbons (Fsp3) is 0.508. The molecule has 0 radical (unpaired) electrons. The van der Waals surface area contributed by atoms with Gasteiger partial charge < -0.3 is 14.9 Å². The predicted molar refractivity (Wildman–Crippen MR) is 307 cm³/mol. The number of nitrogens with two attached hydrogens (primary N) is 1. The molecule has 11 rings (SSSR count). The monoisotopic (exact) mass is 1160 g/mol. The molecule has 0 unspecified atom stereocenters. The van der Waals surface area contributed by atoms with Crippen molar-refractivity contribution in [3.63, 3.8) is 0 Å².